The summed E-state index contributed by atoms with van der Waals surface area (Å²) in [5.74, 6) is 1.23. The Morgan fingerprint density at radius 2 is 2.11 bits per heavy atom. The third-order valence-electron chi connectivity index (χ3n) is 3.37. The van der Waals surface area contributed by atoms with Gasteiger partial charge < -0.3 is 19.1 Å². The van der Waals surface area contributed by atoms with E-state index in [1.165, 1.54) is 0 Å². The average molecular weight is 256 g/mol. The van der Waals surface area contributed by atoms with Gasteiger partial charge in [0.05, 0.1) is 0 Å². The van der Waals surface area contributed by atoms with Crippen LogP contribution in [0.2, 0.25) is 0 Å². The van der Waals surface area contributed by atoms with Crippen molar-refractivity contribution in [1.29, 1.82) is 0 Å². The number of hydrogen-bond donors (Lipinski definition) is 1. The highest BCUT2D eigenvalue weighted by Crippen LogP contribution is 2.33. The molecule has 1 aliphatic heterocycles. The molecule has 0 amide bonds. The van der Waals surface area contributed by atoms with Crippen LogP contribution >= 0.6 is 0 Å². The maximum atomic E-state index is 8.73. The molecule has 1 aromatic rings. The molecule has 18 heavy (non-hydrogen) atoms. The molecular weight excluding hydrogens is 236 g/mol. The Balaban J connectivity index is 2.02. The Hall–Kier alpha value is -0.980. The van der Waals surface area contributed by atoms with Crippen molar-refractivity contribution < 1.29 is 19.1 Å². The van der Waals surface area contributed by atoms with Crippen LogP contribution in [-0.2, 0) is 21.5 Å². The number of unbranched alkanes of at least 4 members (excludes halogenated alkanes) is 1. The predicted octanol–water partition coefficient (Wildman–Crippen LogP) is 1.04. The van der Waals surface area contributed by atoms with Crippen molar-refractivity contribution in [3.63, 3.8) is 0 Å². The normalized spacial score (nSPS) is 19.0. The van der Waals surface area contributed by atoms with Gasteiger partial charge in [-0.05, 0) is 12.8 Å². The summed E-state index contributed by atoms with van der Waals surface area (Å²) in [4.78, 5) is 4.41. The van der Waals surface area contributed by atoms with Crippen molar-refractivity contribution in [2.24, 2.45) is 0 Å². The molecule has 0 unspecified atom stereocenters. The molecule has 6 nitrogen and oxygen atoms in total. The summed E-state index contributed by atoms with van der Waals surface area (Å²) in [5, 5.41) is 12.8. The molecule has 2 rings (SSSR count). The number of aliphatic hydroxyl groups excluding tert-OH is 1. The molecule has 102 valence electrons. The number of ether oxygens (including phenoxy) is 2. The summed E-state index contributed by atoms with van der Waals surface area (Å²) in [6, 6.07) is 0. The molecule has 1 N–H and O–H groups in total. The summed E-state index contributed by atoms with van der Waals surface area (Å²) < 4.78 is 16.2. The molecule has 0 spiro atoms. The van der Waals surface area contributed by atoms with E-state index in [9.17, 15) is 0 Å². The van der Waals surface area contributed by atoms with E-state index in [2.05, 4.69) is 10.1 Å². The average Bonchev–Trinajstić information content (AvgIpc) is 2.89. The number of aryl methyl sites for hydroxylation is 1. The molecule has 1 aliphatic rings. The van der Waals surface area contributed by atoms with Crippen LogP contribution in [0.1, 0.15) is 37.4 Å². The van der Waals surface area contributed by atoms with Crippen molar-refractivity contribution in [3.05, 3.63) is 11.7 Å². The second-order valence-electron chi connectivity index (χ2n) is 4.50. The van der Waals surface area contributed by atoms with Crippen molar-refractivity contribution >= 4 is 0 Å². The second-order valence-corrected chi connectivity index (χ2v) is 4.50. The second kappa shape index (κ2) is 6.26. The number of rotatable bonds is 6. The fraction of sp³-hybridized carbons (Fsp3) is 0.833. The fourth-order valence-corrected chi connectivity index (χ4v) is 2.15. The molecule has 6 heteroatoms. The lowest BCUT2D eigenvalue weighted by Gasteiger charge is -2.32. The predicted molar refractivity (Wildman–Crippen MR) is 63.1 cm³/mol. The first-order valence-electron chi connectivity index (χ1n) is 6.37. The van der Waals surface area contributed by atoms with Crippen molar-refractivity contribution in [2.75, 3.05) is 26.9 Å². The quantitative estimate of drug-likeness (QED) is 0.766. The fourth-order valence-electron chi connectivity index (χ4n) is 2.15. The van der Waals surface area contributed by atoms with Gasteiger partial charge >= 0.3 is 0 Å². The highest BCUT2D eigenvalue weighted by molar-refractivity contribution is 5.03. The van der Waals surface area contributed by atoms with Gasteiger partial charge in [0.25, 0.3) is 0 Å². The van der Waals surface area contributed by atoms with E-state index in [0.29, 0.717) is 31.3 Å². The minimum absolute atomic E-state index is 0.195. The van der Waals surface area contributed by atoms with Crippen molar-refractivity contribution in [3.8, 4) is 0 Å². The standard InChI is InChI=1S/C12H20N2O4/c1-16-12(5-8-17-9-6-12)11-13-10(18-14-11)4-2-3-7-15/h15H,2-9H2,1H3. The molecule has 0 radical (unpaired) electrons. The van der Waals surface area contributed by atoms with Gasteiger partial charge in [-0.3, -0.25) is 0 Å². The molecule has 2 heterocycles. The number of aliphatic hydroxyl groups is 1. The summed E-state index contributed by atoms with van der Waals surface area (Å²) in [6.07, 6.45) is 3.80. The molecule has 0 bridgehead atoms. The highest BCUT2D eigenvalue weighted by atomic mass is 16.5. The summed E-state index contributed by atoms with van der Waals surface area (Å²) in [7, 11) is 1.67. The monoisotopic (exact) mass is 256 g/mol. The van der Waals surface area contributed by atoms with E-state index >= 15 is 0 Å². The Kier molecular flexibility index (Phi) is 4.68. The molecular formula is C12H20N2O4. The van der Waals surface area contributed by atoms with E-state index in [0.717, 1.165) is 25.7 Å². The molecule has 1 aromatic heterocycles. The SMILES string of the molecule is COC1(c2noc(CCCCO)n2)CCOCC1. The van der Waals surface area contributed by atoms with E-state index in [1.54, 1.807) is 7.11 Å². The van der Waals surface area contributed by atoms with Gasteiger partial charge in [0, 0.05) is 46.2 Å². The molecule has 0 aliphatic carbocycles. The zero-order valence-electron chi connectivity index (χ0n) is 10.7. The van der Waals surface area contributed by atoms with Gasteiger partial charge in [0.2, 0.25) is 11.7 Å². The highest BCUT2D eigenvalue weighted by Gasteiger charge is 2.39. The van der Waals surface area contributed by atoms with Gasteiger partial charge in [0.15, 0.2) is 0 Å². The summed E-state index contributed by atoms with van der Waals surface area (Å²) in [5.41, 5.74) is -0.461. The zero-order valence-corrected chi connectivity index (χ0v) is 10.7. The van der Waals surface area contributed by atoms with Gasteiger partial charge in [-0.25, -0.2) is 0 Å². The number of nitrogens with zero attached hydrogens (tertiary/aromatic N) is 2. The van der Waals surface area contributed by atoms with E-state index in [1.807, 2.05) is 0 Å². The smallest absolute Gasteiger partial charge is 0.226 e. The summed E-state index contributed by atoms with van der Waals surface area (Å²) in [6.45, 7) is 1.50. The molecule has 0 saturated carbocycles. The molecule has 1 fully saturated rings. The Morgan fingerprint density at radius 1 is 1.33 bits per heavy atom. The Labute approximate surface area is 106 Å². The van der Waals surface area contributed by atoms with Gasteiger partial charge in [-0.1, -0.05) is 5.16 Å². The first kappa shape index (κ1) is 13.5. The Bertz CT molecular complexity index is 361. The topological polar surface area (TPSA) is 77.6 Å². The molecule has 0 atom stereocenters. The third kappa shape index (κ3) is 2.88. The van der Waals surface area contributed by atoms with Gasteiger partial charge in [-0.15, -0.1) is 0 Å². The van der Waals surface area contributed by atoms with Crippen LogP contribution < -0.4 is 0 Å². The van der Waals surface area contributed by atoms with Crippen molar-refractivity contribution in [1.82, 2.24) is 10.1 Å². The first-order valence-corrected chi connectivity index (χ1v) is 6.37. The van der Waals surface area contributed by atoms with Crippen LogP contribution in [0.15, 0.2) is 4.52 Å². The van der Waals surface area contributed by atoms with Crippen molar-refractivity contribution in [2.45, 2.75) is 37.7 Å². The summed E-state index contributed by atoms with van der Waals surface area (Å²) >= 11 is 0. The third-order valence-corrected chi connectivity index (χ3v) is 3.37. The number of methoxy groups -OCH3 is 1. The van der Waals surface area contributed by atoms with E-state index in [4.69, 9.17) is 19.1 Å². The zero-order chi connectivity index (χ0) is 12.8. The van der Waals surface area contributed by atoms with Crippen LogP contribution in [-0.4, -0.2) is 42.2 Å². The van der Waals surface area contributed by atoms with Crippen LogP contribution in [0, 0.1) is 0 Å². The number of hydrogen-bond acceptors (Lipinski definition) is 6. The lowest BCUT2D eigenvalue weighted by atomic mass is 9.93. The Morgan fingerprint density at radius 3 is 2.78 bits per heavy atom. The minimum atomic E-state index is -0.461. The van der Waals surface area contributed by atoms with Crippen LogP contribution in [0.3, 0.4) is 0 Å². The van der Waals surface area contributed by atoms with Gasteiger partial charge in [0.1, 0.15) is 5.60 Å². The van der Waals surface area contributed by atoms with Crippen LogP contribution in [0.4, 0.5) is 0 Å². The largest absolute Gasteiger partial charge is 0.396 e. The van der Waals surface area contributed by atoms with E-state index in [-0.39, 0.29) is 6.61 Å². The maximum Gasteiger partial charge on any atom is 0.226 e. The molecule has 0 aromatic carbocycles. The van der Waals surface area contributed by atoms with Crippen LogP contribution in [0.5, 0.6) is 0 Å². The lowest BCUT2D eigenvalue weighted by Crippen LogP contribution is -2.36. The molecule has 1 saturated heterocycles. The minimum Gasteiger partial charge on any atom is -0.396 e. The van der Waals surface area contributed by atoms with Gasteiger partial charge in [-0.2, -0.15) is 4.98 Å². The van der Waals surface area contributed by atoms with E-state index < -0.39 is 5.60 Å². The first-order chi connectivity index (χ1) is 8.80. The van der Waals surface area contributed by atoms with Crippen LogP contribution in [0.25, 0.3) is 0 Å². The number of aromatic nitrogens is 2. The maximum absolute atomic E-state index is 8.73. The lowest BCUT2D eigenvalue weighted by molar-refractivity contribution is -0.101.